The Morgan fingerprint density at radius 1 is 1.38 bits per heavy atom. The molecule has 2 aromatic rings. The van der Waals surface area contributed by atoms with Gasteiger partial charge in [0, 0.05) is 13.5 Å². The van der Waals surface area contributed by atoms with Crippen molar-refractivity contribution in [3.8, 4) is 0 Å². The first kappa shape index (κ1) is 10.9. The van der Waals surface area contributed by atoms with Crippen LogP contribution in [-0.2, 0) is 4.74 Å². The number of ether oxygens (including phenoxy) is 1. The van der Waals surface area contributed by atoms with Gasteiger partial charge in [0.05, 0.1) is 0 Å². The summed E-state index contributed by atoms with van der Waals surface area (Å²) in [5.74, 6) is 0. The number of fused-ring (bicyclic) bond motifs is 1. The summed E-state index contributed by atoms with van der Waals surface area (Å²) in [5.41, 5.74) is 1.66. The smallest absolute Gasteiger partial charge is 0.226 e. The topological polar surface area (TPSA) is 49.2 Å². The maximum absolute atomic E-state index is 5.58. The minimum atomic E-state index is -0.282. The monoisotopic (exact) mass is 221 g/mol. The van der Waals surface area contributed by atoms with E-state index >= 15 is 0 Å². The van der Waals surface area contributed by atoms with Gasteiger partial charge in [0.15, 0.2) is 0 Å². The molecule has 0 N–H and O–H groups in total. The standard InChI is InChI=1S/C11H15N3O2/c1-3-6-11(15-2)16-14-10-8-5-4-7-9(10)12-13-14/h4-5,7-8,11H,3,6H2,1-2H3. The number of methoxy groups -OCH3 is 1. The van der Waals surface area contributed by atoms with Crippen molar-refractivity contribution in [2.24, 2.45) is 0 Å². The Morgan fingerprint density at radius 2 is 2.19 bits per heavy atom. The van der Waals surface area contributed by atoms with Gasteiger partial charge in [-0.15, -0.1) is 5.10 Å². The molecule has 16 heavy (non-hydrogen) atoms. The number of hydrogen-bond acceptors (Lipinski definition) is 4. The van der Waals surface area contributed by atoms with Crippen LogP contribution in [0.15, 0.2) is 24.3 Å². The Balaban J connectivity index is 2.20. The maximum Gasteiger partial charge on any atom is 0.226 e. The summed E-state index contributed by atoms with van der Waals surface area (Å²) in [4.78, 5) is 6.99. The lowest BCUT2D eigenvalue weighted by Crippen LogP contribution is -2.27. The van der Waals surface area contributed by atoms with Crippen molar-refractivity contribution in [2.45, 2.75) is 26.1 Å². The summed E-state index contributed by atoms with van der Waals surface area (Å²) in [5, 5.41) is 7.93. The molecule has 1 unspecified atom stereocenters. The van der Waals surface area contributed by atoms with E-state index in [0.717, 1.165) is 23.9 Å². The second-order valence-electron chi connectivity index (χ2n) is 3.51. The zero-order valence-corrected chi connectivity index (χ0v) is 9.46. The van der Waals surface area contributed by atoms with Crippen molar-refractivity contribution in [1.29, 1.82) is 0 Å². The quantitative estimate of drug-likeness (QED) is 0.720. The van der Waals surface area contributed by atoms with Crippen LogP contribution in [0, 0.1) is 0 Å². The van der Waals surface area contributed by atoms with Gasteiger partial charge < -0.3 is 9.57 Å². The second-order valence-corrected chi connectivity index (χ2v) is 3.51. The number of benzene rings is 1. The molecule has 0 bridgehead atoms. The molecule has 5 heteroatoms. The molecule has 5 nitrogen and oxygen atoms in total. The van der Waals surface area contributed by atoms with Gasteiger partial charge in [-0.25, -0.2) is 0 Å². The summed E-state index contributed by atoms with van der Waals surface area (Å²) in [6.07, 6.45) is 1.53. The summed E-state index contributed by atoms with van der Waals surface area (Å²) in [7, 11) is 1.62. The normalized spacial score (nSPS) is 12.9. The molecule has 0 fully saturated rings. The second kappa shape index (κ2) is 4.94. The third-order valence-electron chi connectivity index (χ3n) is 2.33. The zero-order chi connectivity index (χ0) is 11.4. The van der Waals surface area contributed by atoms with Crippen LogP contribution in [0.4, 0.5) is 0 Å². The number of aromatic nitrogens is 3. The van der Waals surface area contributed by atoms with Crippen molar-refractivity contribution in [3.63, 3.8) is 0 Å². The first-order chi connectivity index (χ1) is 7.85. The van der Waals surface area contributed by atoms with Crippen LogP contribution in [0.1, 0.15) is 19.8 Å². The van der Waals surface area contributed by atoms with E-state index in [1.54, 1.807) is 7.11 Å². The van der Waals surface area contributed by atoms with Crippen LogP contribution in [0.25, 0.3) is 11.0 Å². The van der Waals surface area contributed by atoms with E-state index in [1.165, 1.54) is 4.85 Å². The van der Waals surface area contributed by atoms with Gasteiger partial charge in [-0.05, 0) is 17.3 Å². The van der Waals surface area contributed by atoms with E-state index in [0.29, 0.717) is 0 Å². The van der Waals surface area contributed by atoms with E-state index in [9.17, 15) is 0 Å². The highest BCUT2D eigenvalue weighted by Gasteiger charge is 2.11. The van der Waals surface area contributed by atoms with Crippen molar-refractivity contribution < 1.29 is 9.57 Å². The molecule has 0 saturated carbocycles. The number of nitrogens with zero attached hydrogens (tertiary/aromatic N) is 3. The predicted molar refractivity (Wildman–Crippen MR) is 59.8 cm³/mol. The Hall–Kier alpha value is -1.62. The molecule has 1 aromatic carbocycles. The zero-order valence-electron chi connectivity index (χ0n) is 9.46. The molecule has 0 amide bonds. The molecule has 1 heterocycles. The molecule has 0 radical (unpaired) electrons. The molecule has 2 rings (SSSR count). The summed E-state index contributed by atoms with van der Waals surface area (Å²) in [6.45, 7) is 2.08. The molecule has 0 saturated heterocycles. The van der Waals surface area contributed by atoms with E-state index in [2.05, 4.69) is 17.2 Å². The van der Waals surface area contributed by atoms with Gasteiger partial charge in [0.2, 0.25) is 6.29 Å². The third kappa shape index (κ3) is 2.14. The first-order valence-corrected chi connectivity index (χ1v) is 5.35. The molecule has 1 aromatic heterocycles. The number of para-hydroxylation sites is 1. The highest BCUT2D eigenvalue weighted by atomic mass is 16.8. The maximum atomic E-state index is 5.58. The Morgan fingerprint density at radius 3 is 2.94 bits per heavy atom. The highest BCUT2D eigenvalue weighted by Crippen LogP contribution is 2.09. The van der Waals surface area contributed by atoms with Gasteiger partial charge in [-0.3, -0.25) is 0 Å². The number of rotatable bonds is 5. The molecule has 86 valence electrons. The first-order valence-electron chi connectivity index (χ1n) is 5.35. The van der Waals surface area contributed by atoms with Crippen LogP contribution in [0.5, 0.6) is 0 Å². The van der Waals surface area contributed by atoms with Gasteiger partial charge in [0.1, 0.15) is 11.0 Å². The van der Waals surface area contributed by atoms with Gasteiger partial charge in [-0.1, -0.05) is 30.3 Å². The Labute approximate surface area is 93.9 Å². The summed E-state index contributed by atoms with van der Waals surface area (Å²) < 4.78 is 5.20. The lowest BCUT2D eigenvalue weighted by atomic mass is 10.3. The lowest BCUT2D eigenvalue weighted by molar-refractivity contribution is -0.138. The van der Waals surface area contributed by atoms with Gasteiger partial charge in [0.25, 0.3) is 0 Å². The van der Waals surface area contributed by atoms with Crippen molar-refractivity contribution >= 4 is 11.0 Å². The number of hydrogen-bond donors (Lipinski definition) is 0. The summed E-state index contributed by atoms with van der Waals surface area (Å²) >= 11 is 0. The van der Waals surface area contributed by atoms with E-state index in [-0.39, 0.29) is 6.29 Å². The van der Waals surface area contributed by atoms with Crippen LogP contribution in [0.2, 0.25) is 0 Å². The molecular formula is C11H15N3O2. The van der Waals surface area contributed by atoms with Gasteiger partial charge >= 0.3 is 0 Å². The third-order valence-corrected chi connectivity index (χ3v) is 2.33. The van der Waals surface area contributed by atoms with Crippen LogP contribution >= 0.6 is 0 Å². The predicted octanol–water partition coefficient (Wildman–Crippen LogP) is 1.63. The van der Waals surface area contributed by atoms with Gasteiger partial charge in [-0.2, -0.15) is 0 Å². The van der Waals surface area contributed by atoms with Crippen molar-refractivity contribution in [2.75, 3.05) is 7.11 Å². The largest absolute Gasteiger partial charge is 0.363 e. The van der Waals surface area contributed by atoms with Crippen molar-refractivity contribution in [3.05, 3.63) is 24.3 Å². The SMILES string of the molecule is CCCC(OC)On1nnc2ccccc21. The average Bonchev–Trinajstić information content (AvgIpc) is 2.72. The molecule has 0 aliphatic rings. The molecular weight excluding hydrogens is 206 g/mol. The van der Waals surface area contributed by atoms with Crippen LogP contribution in [-0.4, -0.2) is 28.6 Å². The molecule has 0 aliphatic heterocycles. The summed E-state index contributed by atoms with van der Waals surface area (Å²) in [6, 6.07) is 7.65. The Bertz CT molecular complexity index is 455. The van der Waals surface area contributed by atoms with Crippen LogP contribution in [0.3, 0.4) is 0 Å². The lowest BCUT2D eigenvalue weighted by Gasteiger charge is -2.15. The average molecular weight is 221 g/mol. The fourth-order valence-corrected chi connectivity index (χ4v) is 1.49. The minimum Gasteiger partial charge on any atom is -0.363 e. The highest BCUT2D eigenvalue weighted by molar-refractivity contribution is 5.73. The Kier molecular flexibility index (Phi) is 3.36. The molecule has 0 spiro atoms. The molecule has 0 aliphatic carbocycles. The van der Waals surface area contributed by atoms with E-state index in [4.69, 9.17) is 9.57 Å². The minimum absolute atomic E-state index is 0.282. The van der Waals surface area contributed by atoms with E-state index < -0.39 is 0 Å². The van der Waals surface area contributed by atoms with Crippen molar-refractivity contribution in [1.82, 2.24) is 15.2 Å². The fourth-order valence-electron chi connectivity index (χ4n) is 1.49. The fraction of sp³-hybridized carbons (Fsp3) is 0.455. The van der Waals surface area contributed by atoms with Crippen LogP contribution < -0.4 is 4.84 Å². The molecule has 1 atom stereocenters. The van der Waals surface area contributed by atoms with E-state index in [1.807, 2.05) is 24.3 Å².